The van der Waals surface area contributed by atoms with Gasteiger partial charge in [-0.3, -0.25) is 9.59 Å². The van der Waals surface area contributed by atoms with Crippen LogP contribution in [-0.4, -0.2) is 51.2 Å². The highest BCUT2D eigenvalue weighted by Crippen LogP contribution is 1.90. The molecule has 0 fully saturated rings. The first-order valence-corrected chi connectivity index (χ1v) is 6.54. The average Bonchev–Trinajstić information content (AvgIpc) is 2.39. The van der Waals surface area contributed by atoms with Crippen molar-refractivity contribution in [3.05, 3.63) is 24.3 Å². The molecular weight excluding hydrogens is 308 g/mol. The van der Waals surface area contributed by atoms with Gasteiger partial charge < -0.3 is 26.4 Å². The summed E-state index contributed by atoms with van der Waals surface area (Å²) in [5, 5.41) is 26.9. The van der Waals surface area contributed by atoms with E-state index in [9.17, 15) is 19.2 Å². The minimum Gasteiger partial charge on any atom is -0.478 e. The zero-order valence-corrected chi connectivity index (χ0v) is 13.0. The highest BCUT2D eigenvalue weighted by Gasteiger charge is 2.11. The molecule has 0 bridgehead atoms. The molecule has 0 aromatic heterocycles. The van der Waals surface area contributed by atoms with Crippen molar-refractivity contribution < 1.29 is 34.5 Å². The third-order valence-corrected chi connectivity index (χ3v) is 1.82. The Hall–Kier alpha value is -2.52. The number of aliphatic carboxylic acids is 2. The highest BCUT2D eigenvalue weighted by molar-refractivity contribution is 5.95. The quantitative estimate of drug-likeness (QED) is 0.290. The Morgan fingerprint density at radius 3 is 1.87 bits per heavy atom. The fraction of sp³-hybridized carbons (Fsp3) is 0.429. The van der Waals surface area contributed by atoms with Gasteiger partial charge in [-0.05, 0) is 26.3 Å². The molecule has 0 heterocycles. The van der Waals surface area contributed by atoms with Crippen molar-refractivity contribution in [2.45, 2.75) is 32.4 Å². The van der Waals surface area contributed by atoms with Gasteiger partial charge in [0.2, 0.25) is 5.91 Å². The van der Waals surface area contributed by atoms with Crippen LogP contribution in [0.4, 0.5) is 0 Å². The predicted molar refractivity (Wildman–Crippen MR) is 81.3 cm³/mol. The van der Waals surface area contributed by atoms with Crippen LogP contribution in [0, 0.1) is 0 Å². The Balaban J connectivity index is 0. The molecule has 130 valence electrons. The van der Waals surface area contributed by atoms with Crippen molar-refractivity contribution in [3.63, 3.8) is 0 Å². The van der Waals surface area contributed by atoms with E-state index < -0.39 is 23.5 Å². The maximum atomic E-state index is 10.8. The summed E-state index contributed by atoms with van der Waals surface area (Å²) in [7, 11) is 0. The number of carboxylic acids is 2. The zero-order valence-electron chi connectivity index (χ0n) is 13.0. The summed E-state index contributed by atoms with van der Waals surface area (Å²) in [6, 6.07) is 0. The Bertz CT molecular complexity index is 476. The molecule has 0 aliphatic carbocycles. The van der Waals surface area contributed by atoms with E-state index in [0.29, 0.717) is 6.42 Å². The third-order valence-electron chi connectivity index (χ3n) is 1.82. The van der Waals surface area contributed by atoms with Crippen molar-refractivity contribution in [3.8, 4) is 0 Å². The van der Waals surface area contributed by atoms with E-state index >= 15 is 0 Å². The normalized spacial score (nSPS) is 11.0. The molecule has 6 N–H and O–H groups in total. The molecule has 0 saturated carbocycles. The van der Waals surface area contributed by atoms with Crippen LogP contribution >= 0.6 is 0 Å². The second-order valence-corrected chi connectivity index (χ2v) is 4.85. The summed E-state index contributed by atoms with van der Waals surface area (Å²) in [5.74, 6) is -3.10. The molecule has 23 heavy (non-hydrogen) atoms. The minimum absolute atomic E-state index is 0.0490. The number of amides is 1. The minimum atomic E-state index is -1.17. The van der Waals surface area contributed by atoms with E-state index in [0.717, 1.165) is 24.3 Å². The number of rotatable bonds is 8. The highest BCUT2D eigenvalue weighted by atomic mass is 16.4. The van der Waals surface area contributed by atoms with Crippen molar-refractivity contribution >= 4 is 23.6 Å². The Labute approximate surface area is 133 Å². The second kappa shape index (κ2) is 12.1. The molecule has 0 aromatic rings. The SMILES string of the molecule is CC(C)(N)NC(=O)/C=C\C(=O)O.O=C(O)/C=C\C(=O)CCCO. The van der Waals surface area contributed by atoms with E-state index in [2.05, 4.69) is 5.32 Å². The van der Waals surface area contributed by atoms with Gasteiger partial charge in [0.05, 0.1) is 5.66 Å². The topological polar surface area (TPSA) is 167 Å². The van der Waals surface area contributed by atoms with E-state index in [-0.39, 0.29) is 18.8 Å². The van der Waals surface area contributed by atoms with Gasteiger partial charge in [-0.1, -0.05) is 0 Å². The van der Waals surface area contributed by atoms with Gasteiger partial charge in [0.25, 0.3) is 0 Å². The van der Waals surface area contributed by atoms with Gasteiger partial charge in [0, 0.05) is 31.3 Å². The van der Waals surface area contributed by atoms with Gasteiger partial charge in [-0.2, -0.15) is 0 Å². The number of ketones is 1. The van der Waals surface area contributed by atoms with Crippen LogP contribution in [0.15, 0.2) is 24.3 Å². The number of carbonyl (C=O) groups excluding carboxylic acids is 2. The summed E-state index contributed by atoms with van der Waals surface area (Å²) >= 11 is 0. The molecular formula is C14H22N2O7. The summed E-state index contributed by atoms with van der Waals surface area (Å²) < 4.78 is 0. The number of hydrogen-bond acceptors (Lipinski definition) is 6. The first-order chi connectivity index (χ1) is 10.5. The van der Waals surface area contributed by atoms with Gasteiger partial charge in [0.1, 0.15) is 0 Å². The van der Waals surface area contributed by atoms with Crippen molar-refractivity contribution in [1.29, 1.82) is 0 Å². The Morgan fingerprint density at radius 2 is 1.48 bits per heavy atom. The molecule has 9 heteroatoms. The Kier molecular flexibility index (Phi) is 11.9. The van der Waals surface area contributed by atoms with Gasteiger partial charge >= 0.3 is 11.9 Å². The van der Waals surface area contributed by atoms with Crippen LogP contribution in [0.5, 0.6) is 0 Å². The lowest BCUT2D eigenvalue weighted by Crippen LogP contribution is -2.50. The van der Waals surface area contributed by atoms with Gasteiger partial charge in [-0.25, -0.2) is 9.59 Å². The molecule has 0 saturated heterocycles. The molecule has 0 spiro atoms. The largest absolute Gasteiger partial charge is 0.478 e. The molecule has 1 amide bonds. The van der Waals surface area contributed by atoms with Crippen LogP contribution in [0.25, 0.3) is 0 Å². The number of carboxylic acid groups (broad SMARTS) is 2. The van der Waals surface area contributed by atoms with Crippen LogP contribution in [-0.2, 0) is 19.2 Å². The van der Waals surface area contributed by atoms with E-state index in [1.165, 1.54) is 0 Å². The lowest BCUT2D eigenvalue weighted by Gasteiger charge is -2.18. The molecule has 0 aliphatic rings. The molecule has 0 aromatic carbocycles. The summed E-state index contributed by atoms with van der Waals surface area (Å²) in [6.45, 7) is 3.14. The van der Waals surface area contributed by atoms with Crippen LogP contribution < -0.4 is 11.1 Å². The van der Waals surface area contributed by atoms with Crippen molar-refractivity contribution in [2.75, 3.05) is 6.61 Å². The number of allylic oxidation sites excluding steroid dienone is 1. The lowest BCUT2D eigenvalue weighted by atomic mass is 10.2. The molecule has 0 rings (SSSR count). The number of aliphatic hydroxyl groups excluding tert-OH is 1. The van der Waals surface area contributed by atoms with E-state index in [4.69, 9.17) is 21.1 Å². The maximum Gasteiger partial charge on any atom is 0.328 e. The first kappa shape index (κ1) is 22.8. The molecule has 0 atom stereocenters. The Morgan fingerprint density at radius 1 is 1.00 bits per heavy atom. The first-order valence-electron chi connectivity index (χ1n) is 6.54. The number of nitrogens with two attached hydrogens (primary N) is 1. The van der Waals surface area contributed by atoms with Crippen LogP contribution in [0.3, 0.4) is 0 Å². The predicted octanol–water partition coefficient (Wildman–Crippen LogP) is -0.593. The molecule has 0 radical (unpaired) electrons. The average molecular weight is 330 g/mol. The standard InChI is InChI=1S/C7H12N2O3.C7H10O4/c1-7(2,8)9-5(10)3-4-6(11)12;8-5-1-2-6(9)3-4-7(10)11/h3-4H,8H2,1-2H3,(H,9,10)(H,11,12);3-4,8H,1-2,5H2,(H,10,11)/b2*4-3-. The smallest absolute Gasteiger partial charge is 0.328 e. The number of carbonyl (C=O) groups is 4. The zero-order chi connectivity index (χ0) is 18.5. The number of hydrogen-bond donors (Lipinski definition) is 5. The maximum absolute atomic E-state index is 10.8. The molecule has 0 unspecified atom stereocenters. The van der Waals surface area contributed by atoms with Crippen LogP contribution in [0.2, 0.25) is 0 Å². The fourth-order valence-corrected chi connectivity index (χ4v) is 1.01. The molecule has 0 aliphatic heterocycles. The van der Waals surface area contributed by atoms with Gasteiger partial charge in [0.15, 0.2) is 5.78 Å². The van der Waals surface area contributed by atoms with E-state index in [1.807, 2.05) is 0 Å². The number of nitrogens with one attached hydrogen (secondary N) is 1. The summed E-state index contributed by atoms with van der Waals surface area (Å²) in [5.41, 5.74) is 4.60. The lowest BCUT2D eigenvalue weighted by molar-refractivity contribution is -0.132. The van der Waals surface area contributed by atoms with Crippen LogP contribution in [0.1, 0.15) is 26.7 Å². The van der Waals surface area contributed by atoms with Crippen molar-refractivity contribution in [1.82, 2.24) is 5.32 Å². The van der Waals surface area contributed by atoms with Crippen molar-refractivity contribution in [2.24, 2.45) is 5.73 Å². The summed E-state index contributed by atoms with van der Waals surface area (Å²) in [6.07, 6.45) is 4.03. The fourth-order valence-electron chi connectivity index (χ4n) is 1.01. The van der Waals surface area contributed by atoms with Gasteiger partial charge in [-0.15, -0.1) is 0 Å². The monoisotopic (exact) mass is 330 g/mol. The molecule has 9 nitrogen and oxygen atoms in total. The van der Waals surface area contributed by atoms with E-state index in [1.54, 1.807) is 13.8 Å². The number of aliphatic hydroxyl groups is 1. The summed E-state index contributed by atoms with van der Waals surface area (Å²) in [4.78, 5) is 41.3. The third kappa shape index (κ3) is 21.9. The second-order valence-electron chi connectivity index (χ2n) is 4.85.